The highest BCUT2D eigenvalue weighted by Crippen LogP contribution is 2.21. The molecule has 6 nitrogen and oxygen atoms in total. The second-order valence-electron chi connectivity index (χ2n) is 5.67. The van der Waals surface area contributed by atoms with Gasteiger partial charge in [0, 0.05) is 13.1 Å². The van der Waals surface area contributed by atoms with Crippen molar-refractivity contribution in [3.8, 4) is 5.75 Å². The van der Waals surface area contributed by atoms with Crippen LogP contribution in [0.4, 0.5) is 8.78 Å². The molecule has 1 aromatic carbocycles. The molecule has 0 bridgehead atoms. The van der Waals surface area contributed by atoms with E-state index in [1.165, 1.54) is 35.2 Å². The second kappa shape index (κ2) is 9.16. The van der Waals surface area contributed by atoms with Gasteiger partial charge in [0.1, 0.15) is 10.4 Å². The molecular formula is C18H17F2N3O3S2. The average Bonchev–Trinajstić information content (AvgIpc) is 3.14. The molecule has 3 rings (SSSR count). The summed E-state index contributed by atoms with van der Waals surface area (Å²) in [6, 6.07) is 7.83. The number of thioether (sulfide) groups is 1. The van der Waals surface area contributed by atoms with Gasteiger partial charge in [-0.05, 0) is 36.1 Å². The van der Waals surface area contributed by atoms with Crippen LogP contribution < -0.4 is 15.6 Å². The summed E-state index contributed by atoms with van der Waals surface area (Å²) in [5.74, 6) is -0.0532. The third kappa shape index (κ3) is 4.87. The number of carbonyl (C=O) groups is 1. The van der Waals surface area contributed by atoms with E-state index in [0.29, 0.717) is 21.9 Å². The Labute approximate surface area is 167 Å². The van der Waals surface area contributed by atoms with Gasteiger partial charge in [0.25, 0.3) is 5.56 Å². The van der Waals surface area contributed by atoms with Crippen molar-refractivity contribution < 1.29 is 18.3 Å². The number of alkyl halides is 2. The van der Waals surface area contributed by atoms with E-state index in [4.69, 9.17) is 0 Å². The maximum absolute atomic E-state index is 12.5. The summed E-state index contributed by atoms with van der Waals surface area (Å²) < 4.78 is 30.7. The quantitative estimate of drug-likeness (QED) is 0.442. The van der Waals surface area contributed by atoms with Crippen molar-refractivity contribution in [2.75, 3.05) is 5.75 Å². The molecule has 0 spiro atoms. The Morgan fingerprint density at radius 2 is 2.07 bits per heavy atom. The Bertz CT molecular complexity index is 1020. The first kappa shape index (κ1) is 20.3. The fraction of sp³-hybridized carbons (Fsp3) is 0.278. The number of carbonyl (C=O) groups excluding carboxylic acids is 1. The lowest BCUT2D eigenvalue weighted by atomic mass is 10.2. The molecule has 0 saturated heterocycles. The highest BCUT2D eigenvalue weighted by Gasteiger charge is 2.13. The fourth-order valence-electron chi connectivity index (χ4n) is 2.48. The van der Waals surface area contributed by atoms with E-state index in [1.54, 1.807) is 22.8 Å². The number of fused-ring (bicyclic) bond motifs is 1. The van der Waals surface area contributed by atoms with Crippen molar-refractivity contribution in [2.24, 2.45) is 0 Å². The minimum absolute atomic E-state index is 0.0630. The van der Waals surface area contributed by atoms with E-state index >= 15 is 0 Å². The van der Waals surface area contributed by atoms with E-state index in [2.05, 4.69) is 15.0 Å². The molecule has 0 aliphatic carbocycles. The van der Waals surface area contributed by atoms with Gasteiger partial charge in [0.15, 0.2) is 5.16 Å². The summed E-state index contributed by atoms with van der Waals surface area (Å²) in [4.78, 5) is 29.1. The Morgan fingerprint density at radius 3 is 2.75 bits per heavy atom. The smallest absolute Gasteiger partial charge is 0.387 e. The first-order valence-electron chi connectivity index (χ1n) is 8.39. The number of nitrogens with zero attached hydrogens (tertiary/aromatic N) is 2. The molecule has 0 aliphatic rings. The summed E-state index contributed by atoms with van der Waals surface area (Å²) in [6.07, 6.45) is 0. The van der Waals surface area contributed by atoms with Crippen LogP contribution in [0.25, 0.3) is 10.2 Å². The summed E-state index contributed by atoms with van der Waals surface area (Å²) >= 11 is 2.55. The number of rotatable bonds is 8. The van der Waals surface area contributed by atoms with E-state index in [1.807, 2.05) is 12.3 Å². The van der Waals surface area contributed by atoms with Gasteiger partial charge in [-0.25, -0.2) is 4.98 Å². The molecule has 28 heavy (non-hydrogen) atoms. The van der Waals surface area contributed by atoms with Crippen molar-refractivity contribution >= 4 is 39.2 Å². The zero-order chi connectivity index (χ0) is 20.1. The van der Waals surface area contributed by atoms with Crippen LogP contribution in [-0.4, -0.2) is 27.8 Å². The third-order valence-corrected chi connectivity index (χ3v) is 5.69. The monoisotopic (exact) mass is 425 g/mol. The van der Waals surface area contributed by atoms with Crippen molar-refractivity contribution in [1.82, 2.24) is 14.9 Å². The summed E-state index contributed by atoms with van der Waals surface area (Å²) in [5.41, 5.74) is 1.29. The molecule has 0 saturated carbocycles. The van der Waals surface area contributed by atoms with E-state index < -0.39 is 6.61 Å². The first-order valence-corrected chi connectivity index (χ1v) is 10.3. The van der Waals surface area contributed by atoms with Crippen molar-refractivity contribution in [3.63, 3.8) is 0 Å². The van der Waals surface area contributed by atoms with Gasteiger partial charge in [-0.2, -0.15) is 8.78 Å². The normalized spacial score (nSPS) is 11.1. The SMILES string of the molecule is CCn1c(SCC(=O)NCc2ccc(OC(F)F)cc2)nc2ccsc2c1=O. The van der Waals surface area contributed by atoms with Gasteiger partial charge in [-0.15, -0.1) is 11.3 Å². The standard InChI is InChI=1S/C18H17F2N3O3S2/c1-2-23-16(25)15-13(7-8-27-15)22-18(23)28-10-14(24)21-9-11-3-5-12(6-4-11)26-17(19)20/h3-8,17H,2,9-10H2,1H3,(H,21,24). The lowest BCUT2D eigenvalue weighted by Crippen LogP contribution is -2.26. The van der Waals surface area contributed by atoms with Crippen LogP contribution in [-0.2, 0) is 17.9 Å². The van der Waals surface area contributed by atoms with Crippen molar-refractivity contribution in [2.45, 2.75) is 31.8 Å². The van der Waals surface area contributed by atoms with E-state index in [9.17, 15) is 18.4 Å². The van der Waals surface area contributed by atoms with E-state index in [-0.39, 0.29) is 29.5 Å². The van der Waals surface area contributed by atoms with Gasteiger partial charge in [-0.3, -0.25) is 14.2 Å². The van der Waals surface area contributed by atoms with Crippen LogP contribution in [0.1, 0.15) is 12.5 Å². The number of halogens is 2. The van der Waals surface area contributed by atoms with Crippen LogP contribution in [0, 0.1) is 0 Å². The molecule has 2 heterocycles. The molecule has 148 valence electrons. The molecule has 0 radical (unpaired) electrons. The molecule has 10 heteroatoms. The predicted molar refractivity (Wildman–Crippen MR) is 105 cm³/mol. The maximum atomic E-state index is 12.5. The number of thiophene rings is 1. The topological polar surface area (TPSA) is 73.2 Å². The van der Waals surface area contributed by atoms with E-state index in [0.717, 1.165) is 5.56 Å². The number of amides is 1. The molecular weight excluding hydrogens is 408 g/mol. The van der Waals surface area contributed by atoms with Crippen LogP contribution in [0.5, 0.6) is 5.75 Å². The lowest BCUT2D eigenvalue weighted by molar-refractivity contribution is -0.118. The second-order valence-corrected chi connectivity index (χ2v) is 7.53. The number of benzene rings is 1. The number of hydrogen-bond donors (Lipinski definition) is 1. The van der Waals surface area contributed by atoms with Gasteiger partial charge in [0.05, 0.1) is 11.3 Å². The maximum Gasteiger partial charge on any atom is 0.387 e. The number of ether oxygens (including phenoxy) is 1. The van der Waals surface area contributed by atoms with Crippen LogP contribution in [0.3, 0.4) is 0 Å². The molecule has 0 fully saturated rings. The molecule has 0 aliphatic heterocycles. The lowest BCUT2D eigenvalue weighted by Gasteiger charge is -2.10. The Hall–Kier alpha value is -2.46. The largest absolute Gasteiger partial charge is 0.435 e. The first-order chi connectivity index (χ1) is 13.5. The molecule has 0 atom stereocenters. The number of aromatic nitrogens is 2. The van der Waals surface area contributed by atoms with Crippen LogP contribution in [0.15, 0.2) is 45.7 Å². The van der Waals surface area contributed by atoms with Crippen LogP contribution >= 0.6 is 23.1 Å². The highest BCUT2D eigenvalue weighted by atomic mass is 32.2. The Morgan fingerprint density at radius 1 is 1.32 bits per heavy atom. The van der Waals surface area contributed by atoms with Gasteiger partial charge < -0.3 is 10.1 Å². The highest BCUT2D eigenvalue weighted by molar-refractivity contribution is 7.99. The molecule has 0 unspecified atom stereocenters. The molecule has 2 aromatic heterocycles. The minimum atomic E-state index is -2.87. The average molecular weight is 425 g/mol. The molecule has 1 N–H and O–H groups in total. The molecule has 3 aromatic rings. The zero-order valence-electron chi connectivity index (χ0n) is 14.9. The Balaban J connectivity index is 1.57. The molecule has 1 amide bonds. The number of hydrogen-bond acceptors (Lipinski definition) is 6. The zero-order valence-corrected chi connectivity index (χ0v) is 16.5. The summed E-state index contributed by atoms with van der Waals surface area (Å²) in [5, 5.41) is 5.07. The predicted octanol–water partition coefficient (Wildman–Crippen LogP) is 3.49. The van der Waals surface area contributed by atoms with Gasteiger partial charge in [-0.1, -0.05) is 23.9 Å². The van der Waals surface area contributed by atoms with Crippen molar-refractivity contribution in [3.05, 3.63) is 51.6 Å². The van der Waals surface area contributed by atoms with Gasteiger partial charge in [0.2, 0.25) is 5.91 Å². The summed E-state index contributed by atoms with van der Waals surface area (Å²) in [7, 11) is 0. The van der Waals surface area contributed by atoms with Crippen molar-refractivity contribution in [1.29, 1.82) is 0 Å². The third-order valence-electron chi connectivity index (χ3n) is 3.82. The van der Waals surface area contributed by atoms with Gasteiger partial charge >= 0.3 is 6.61 Å². The minimum Gasteiger partial charge on any atom is -0.435 e. The number of nitrogens with one attached hydrogen (secondary N) is 1. The van der Waals surface area contributed by atoms with Crippen LogP contribution in [0.2, 0.25) is 0 Å². The summed E-state index contributed by atoms with van der Waals surface area (Å²) in [6.45, 7) is -0.290. The Kier molecular flexibility index (Phi) is 6.63. The fourth-order valence-corrected chi connectivity index (χ4v) is 4.15.